The Morgan fingerprint density at radius 2 is 1.74 bits per heavy atom. The predicted octanol–water partition coefficient (Wildman–Crippen LogP) is 2.89. The summed E-state index contributed by atoms with van der Waals surface area (Å²) in [6, 6.07) is 7.87. The fraction of sp³-hybridized carbons (Fsp3) is 0.190. The van der Waals surface area contributed by atoms with Gasteiger partial charge in [0.05, 0.1) is 7.11 Å². The van der Waals surface area contributed by atoms with E-state index in [2.05, 4.69) is 0 Å². The van der Waals surface area contributed by atoms with Gasteiger partial charge in [0.25, 0.3) is 0 Å². The third kappa shape index (κ3) is 6.57. The van der Waals surface area contributed by atoms with Crippen molar-refractivity contribution in [3.63, 3.8) is 0 Å². The van der Waals surface area contributed by atoms with Gasteiger partial charge < -0.3 is 28.8 Å². The van der Waals surface area contributed by atoms with E-state index in [0.29, 0.717) is 28.9 Å². The first-order valence-electron chi connectivity index (χ1n) is 8.87. The van der Waals surface area contributed by atoms with Crippen LogP contribution >= 0.6 is 0 Å². The Kier molecular flexibility index (Phi) is 7.45. The van der Waals surface area contributed by atoms with E-state index < -0.39 is 10.4 Å². The van der Waals surface area contributed by atoms with Crippen LogP contribution in [0, 0.1) is 0 Å². The molecule has 9 nitrogen and oxygen atoms in total. The molecule has 0 atom stereocenters. The van der Waals surface area contributed by atoms with Crippen LogP contribution in [0.5, 0.6) is 23.0 Å². The molecule has 0 aliphatic carbocycles. The Balaban J connectivity index is 0.000000614. The van der Waals surface area contributed by atoms with Crippen molar-refractivity contribution in [2.24, 2.45) is 0 Å². The van der Waals surface area contributed by atoms with Crippen molar-refractivity contribution in [3.8, 4) is 23.0 Å². The summed E-state index contributed by atoms with van der Waals surface area (Å²) in [4.78, 5) is 12.8. The van der Waals surface area contributed by atoms with Crippen molar-refractivity contribution < 1.29 is 42.0 Å². The van der Waals surface area contributed by atoms with Gasteiger partial charge in [-0.25, -0.2) is 0 Å². The minimum atomic E-state index is -5.17. The molecule has 31 heavy (non-hydrogen) atoms. The summed E-state index contributed by atoms with van der Waals surface area (Å²) in [5, 5.41) is 19.7. The van der Waals surface area contributed by atoms with Gasteiger partial charge in [0.15, 0.2) is 5.76 Å². The third-order valence-electron chi connectivity index (χ3n) is 4.11. The Morgan fingerprint density at radius 1 is 1.16 bits per heavy atom. The molecule has 10 heteroatoms. The van der Waals surface area contributed by atoms with Crippen molar-refractivity contribution in [2.75, 3.05) is 7.11 Å². The van der Waals surface area contributed by atoms with Crippen molar-refractivity contribution in [1.82, 2.24) is 0 Å². The lowest BCUT2D eigenvalue weighted by Crippen LogP contribution is -2.00. The number of carbonyl (C=O) groups excluding carboxylic acids is 1. The fourth-order valence-corrected chi connectivity index (χ4v) is 2.75. The number of phenols is 2. The predicted molar refractivity (Wildman–Crippen MR) is 109 cm³/mol. The summed E-state index contributed by atoms with van der Waals surface area (Å²) in [5.41, 5.74) is 2.67. The van der Waals surface area contributed by atoms with Crippen LogP contribution in [0.15, 0.2) is 47.7 Å². The molecule has 2 aromatic carbocycles. The molecule has 0 unspecified atom stereocenters. The molecule has 0 fully saturated rings. The van der Waals surface area contributed by atoms with Gasteiger partial charge in [0.2, 0.25) is 5.78 Å². The largest absolute Gasteiger partial charge is 0.759 e. The van der Waals surface area contributed by atoms with Gasteiger partial charge in [0.1, 0.15) is 28.6 Å². The highest BCUT2D eigenvalue weighted by Gasteiger charge is 2.34. The average molecular weight is 448 g/mol. The second kappa shape index (κ2) is 9.65. The number of rotatable bonds is 4. The number of Topliss-reactive ketones (excluding diaryl/α,β-unsaturated/α-hetero) is 1. The summed E-state index contributed by atoms with van der Waals surface area (Å²) in [7, 11) is -3.72. The zero-order valence-corrected chi connectivity index (χ0v) is 17.7. The van der Waals surface area contributed by atoms with Gasteiger partial charge >= 0.3 is 0 Å². The van der Waals surface area contributed by atoms with Crippen molar-refractivity contribution in [2.45, 2.75) is 20.3 Å². The molecular formula is C21H20O9S-2. The maximum absolute atomic E-state index is 12.8. The normalized spacial score (nSPS) is 13.7. The van der Waals surface area contributed by atoms with Crippen LogP contribution in [-0.4, -0.2) is 40.6 Å². The second-order valence-corrected chi connectivity index (χ2v) is 7.52. The van der Waals surface area contributed by atoms with Gasteiger partial charge in [-0.15, -0.1) is 0 Å². The molecule has 1 aliphatic rings. The minimum absolute atomic E-state index is 0.0248. The summed E-state index contributed by atoms with van der Waals surface area (Å²) in [6.45, 7) is 3.92. The molecule has 0 radical (unpaired) electrons. The molecule has 1 heterocycles. The molecule has 2 N–H and O–H groups in total. The average Bonchev–Trinajstić information content (AvgIpc) is 2.97. The number of hydrogen-bond acceptors (Lipinski definition) is 9. The topological polar surface area (TPSA) is 156 Å². The van der Waals surface area contributed by atoms with Crippen molar-refractivity contribution in [1.29, 1.82) is 0 Å². The van der Waals surface area contributed by atoms with E-state index >= 15 is 0 Å². The monoisotopic (exact) mass is 448 g/mol. The van der Waals surface area contributed by atoms with Gasteiger partial charge in [-0.2, -0.15) is 0 Å². The van der Waals surface area contributed by atoms with E-state index in [1.54, 1.807) is 18.2 Å². The Morgan fingerprint density at radius 3 is 2.26 bits per heavy atom. The lowest BCUT2D eigenvalue weighted by Gasteiger charge is -2.11. The van der Waals surface area contributed by atoms with E-state index in [9.17, 15) is 15.0 Å². The van der Waals surface area contributed by atoms with E-state index in [0.717, 1.165) is 5.57 Å². The molecule has 0 spiro atoms. The summed E-state index contributed by atoms with van der Waals surface area (Å²) < 4.78 is 45.2. The molecule has 0 saturated heterocycles. The lowest BCUT2D eigenvalue weighted by atomic mass is 10.0. The maximum Gasteiger partial charge on any atom is 0.235 e. The van der Waals surface area contributed by atoms with Crippen LogP contribution in [0.1, 0.15) is 35.3 Å². The first kappa shape index (κ1) is 23.9. The number of allylic oxidation sites excluding steroid dienone is 3. The lowest BCUT2D eigenvalue weighted by molar-refractivity contribution is 0.101. The number of phenolic OH excluding ortho intramolecular Hbond substituents is 2. The number of benzene rings is 2. The van der Waals surface area contributed by atoms with Gasteiger partial charge in [-0.05, 0) is 44.0 Å². The molecule has 3 rings (SSSR count). The van der Waals surface area contributed by atoms with E-state index in [1.165, 1.54) is 25.3 Å². The molecule has 0 amide bonds. The number of hydrogen-bond donors (Lipinski definition) is 2. The molecule has 0 bridgehead atoms. The first-order valence-corrected chi connectivity index (χ1v) is 10.2. The van der Waals surface area contributed by atoms with Crippen LogP contribution < -0.4 is 9.47 Å². The summed E-state index contributed by atoms with van der Waals surface area (Å²) >= 11 is 0. The van der Waals surface area contributed by atoms with E-state index in [-0.39, 0.29) is 28.8 Å². The van der Waals surface area contributed by atoms with Crippen molar-refractivity contribution >= 4 is 22.3 Å². The van der Waals surface area contributed by atoms with E-state index in [4.69, 9.17) is 27.0 Å². The van der Waals surface area contributed by atoms with Crippen LogP contribution in [0.4, 0.5) is 0 Å². The number of aromatic hydroxyl groups is 2. The number of ether oxygens (including phenoxy) is 2. The quantitative estimate of drug-likeness (QED) is 0.311. The molecule has 1 aliphatic heterocycles. The number of methoxy groups -OCH3 is 1. The Labute approximate surface area is 179 Å². The fourth-order valence-electron chi connectivity index (χ4n) is 2.75. The van der Waals surface area contributed by atoms with Gasteiger partial charge in [-0.1, -0.05) is 23.8 Å². The van der Waals surface area contributed by atoms with Gasteiger partial charge in [-0.3, -0.25) is 13.2 Å². The maximum atomic E-state index is 12.8. The molecule has 0 aromatic heterocycles. The third-order valence-corrected chi connectivity index (χ3v) is 4.11. The number of carbonyl (C=O) groups is 1. The second-order valence-electron chi connectivity index (χ2n) is 6.71. The SMILES string of the molecule is COc1cc(O)c(CC=C(C)C)c2c1C(=O)/C(=C/c1ccc(O)cc1)O2.O=S(=O)([O-])[O-]. The van der Waals surface area contributed by atoms with Crippen LogP contribution in [0.2, 0.25) is 0 Å². The Hall–Kier alpha value is -3.34. The van der Waals surface area contributed by atoms with Crippen LogP contribution in [0.25, 0.3) is 6.08 Å². The standard InChI is InChI=1S/C21H20O5.H2O4S/c1-12(2)4-9-15-16(23)11-17(25-3)19-20(24)18(26-21(15)19)10-13-5-7-14(22)8-6-13;1-5(2,3)4/h4-8,10-11,22-23H,9H2,1-3H3;(H2,1,2,3,4)/p-2/b18-10-;. The smallest absolute Gasteiger partial charge is 0.235 e. The van der Waals surface area contributed by atoms with Crippen LogP contribution in [0.3, 0.4) is 0 Å². The molecule has 166 valence electrons. The highest BCUT2D eigenvalue weighted by molar-refractivity contribution is 7.79. The summed E-state index contributed by atoms with van der Waals surface area (Å²) in [5.74, 6) is 0.616. The molecule has 0 saturated carbocycles. The minimum Gasteiger partial charge on any atom is -0.759 e. The zero-order valence-electron chi connectivity index (χ0n) is 16.9. The first-order chi connectivity index (χ1) is 14.4. The van der Waals surface area contributed by atoms with Crippen LogP contribution in [-0.2, 0) is 16.8 Å². The summed E-state index contributed by atoms with van der Waals surface area (Å²) in [6.07, 6.45) is 4.00. The highest BCUT2D eigenvalue weighted by Crippen LogP contribution is 2.45. The Bertz CT molecular complexity index is 1130. The molecular weight excluding hydrogens is 428 g/mol. The van der Waals surface area contributed by atoms with Crippen molar-refractivity contribution in [3.05, 3.63) is 64.4 Å². The van der Waals surface area contributed by atoms with Gasteiger partial charge in [0, 0.05) is 22.0 Å². The zero-order chi connectivity index (χ0) is 23.3. The number of ketones is 1. The number of fused-ring (bicyclic) bond motifs is 1. The highest BCUT2D eigenvalue weighted by atomic mass is 32.3. The van der Waals surface area contributed by atoms with E-state index in [1.807, 2.05) is 19.9 Å². The molecule has 2 aromatic rings.